The molecule has 7 heteroatoms. The maximum Gasteiger partial charge on any atom is 0.225 e. The first kappa shape index (κ1) is 22.1. The molecule has 1 fully saturated rings. The van der Waals surface area contributed by atoms with Crippen LogP contribution in [0.15, 0.2) is 36.4 Å². The Morgan fingerprint density at radius 1 is 1.06 bits per heavy atom. The average molecular weight is 436 g/mol. The molecule has 1 saturated carbocycles. The topological polar surface area (TPSA) is 82.5 Å². The number of phenols is 1. The summed E-state index contributed by atoms with van der Waals surface area (Å²) in [6.45, 7) is 2.66. The second kappa shape index (κ2) is 9.61. The van der Waals surface area contributed by atoms with Crippen molar-refractivity contribution in [2.24, 2.45) is 0 Å². The van der Waals surface area contributed by atoms with Gasteiger partial charge in [0.1, 0.15) is 5.82 Å². The third-order valence-electron chi connectivity index (χ3n) is 6.21. The van der Waals surface area contributed by atoms with E-state index >= 15 is 0 Å². The molecule has 7 nitrogen and oxygen atoms in total. The number of hydrogen-bond acceptors (Lipinski definition) is 7. The summed E-state index contributed by atoms with van der Waals surface area (Å²) in [6, 6.07) is 12.9. The van der Waals surface area contributed by atoms with E-state index in [-0.39, 0.29) is 5.75 Å². The van der Waals surface area contributed by atoms with Gasteiger partial charge in [-0.25, -0.2) is 4.98 Å². The van der Waals surface area contributed by atoms with E-state index in [2.05, 4.69) is 16.7 Å². The lowest BCUT2D eigenvalue weighted by Gasteiger charge is -2.30. The molecule has 32 heavy (non-hydrogen) atoms. The molecule has 0 radical (unpaired) electrons. The summed E-state index contributed by atoms with van der Waals surface area (Å²) in [5, 5.41) is 18.3. The van der Waals surface area contributed by atoms with E-state index in [0.717, 1.165) is 60.1 Å². The van der Waals surface area contributed by atoms with E-state index in [4.69, 9.17) is 14.7 Å². The fourth-order valence-corrected chi connectivity index (χ4v) is 4.43. The molecule has 1 aliphatic carbocycles. The zero-order valence-corrected chi connectivity index (χ0v) is 19.4. The number of benzene rings is 2. The van der Waals surface area contributed by atoms with Crippen LogP contribution in [0.5, 0.6) is 11.5 Å². The normalized spacial score (nSPS) is 18.5. The van der Waals surface area contributed by atoms with E-state index in [1.807, 2.05) is 56.3 Å². The number of hydrogen-bond donors (Lipinski definition) is 3. The molecule has 2 aromatic carbocycles. The van der Waals surface area contributed by atoms with Crippen LogP contribution < -0.4 is 20.3 Å². The summed E-state index contributed by atoms with van der Waals surface area (Å²) in [5.41, 5.74) is 2.92. The lowest BCUT2D eigenvalue weighted by molar-refractivity contribution is 0.350. The number of aryl methyl sites for hydroxylation is 1. The molecule has 3 N–H and O–H groups in total. The van der Waals surface area contributed by atoms with Gasteiger partial charge in [0.2, 0.25) is 5.95 Å². The van der Waals surface area contributed by atoms with Crippen molar-refractivity contribution < 1.29 is 9.84 Å². The Balaban J connectivity index is 1.34. The molecule has 0 unspecified atom stereocenters. The Hall–Kier alpha value is -3.06. The largest absolute Gasteiger partial charge is 0.504 e. The van der Waals surface area contributed by atoms with Gasteiger partial charge in [-0.15, -0.1) is 0 Å². The molecule has 1 heterocycles. The van der Waals surface area contributed by atoms with Gasteiger partial charge in [0, 0.05) is 38.1 Å². The van der Waals surface area contributed by atoms with Crippen LogP contribution in [0, 0.1) is 6.92 Å². The van der Waals surface area contributed by atoms with Gasteiger partial charge in [0.05, 0.1) is 12.6 Å². The van der Waals surface area contributed by atoms with Gasteiger partial charge in [-0.3, -0.25) is 0 Å². The van der Waals surface area contributed by atoms with Crippen LogP contribution in [0.2, 0.25) is 0 Å². The monoisotopic (exact) mass is 435 g/mol. The van der Waals surface area contributed by atoms with Crippen LogP contribution in [0.4, 0.5) is 11.8 Å². The van der Waals surface area contributed by atoms with Gasteiger partial charge < -0.3 is 25.4 Å². The second-order valence-electron chi connectivity index (χ2n) is 8.82. The standard InChI is InChI=1S/C25H33N5O2/c1-16-13-17(14-22(32-4)23(16)31)15-26-18-9-11-19(12-10-18)27-25-28-21-8-6-5-7-20(21)24(29-25)30(2)3/h5-8,13-14,18-19,26,31H,9-12,15H2,1-4H3,(H,27,28,29). The van der Waals surface area contributed by atoms with Crippen molar-refractivity contribution in [3.05, 3.63) is 47.5 Å². The van der Waals surface area contributed by atoms with Gasteiger partial charge in [0.15, 0.2) is 11.5 Å². The summed E-state index contributed by atoms with van der Waals surface area (Å²) < 4.78 is 5.28. The highest BCUT2D eigenvalue weighted by Gasteiger charge is 2.22. The Labute approximate surface area is 189 Å². The van der Waals surface area contributed by atoms with Crippen LogP contribution in [0.3, 0.4) is 0 Å². The maximum absolute atomic E-state index is 10.0. The molecule has 0 atom stereocenters. The fourth-order valence-electron chi connectivity index (χ4n) is 4.43. The van der Waals surface area contributed by atoms with Crippen molar-refractivity contribution in [1.29, 1.82) is 0 Å². The van der Waals surface area contributed by atoms with Crippen molar-refractivity contribution in [3.63, 3.8) is 0 Å². The van der Waals surface area contributed by atoms with Crippen LogP contribution >= 0.6 is 0 Å². The number of aromatic nitrogens is 2. The molecule has 0 saturated heterocycles. The Kier molecular flexibility index (Phi) is 6.65. The minimum Gasteiger partial charge on any atom is -0.504 e. The summed E-state index contributed by atoms with van der Waals surface area (Å²) in [5.74, 6) is 2.39. The number of fused-ring (bicyclic) bond motifs is 1. The first-order valence-corrected chi connectivity index (χ1v) is 11.2. The van der Waals surface area contributed by atoms with Crippen LogP contribution in [0.1, 0.15) is 36.8 Å². The Morgan fingerprint density at radius 2 is 1.78 bits per heavy atom. The fraction of sp³-hybridized carbons (Fsp3) is 0.440. The molecule has 1 aliphatic rings. The molecule has 170 valence electrons. The van der Waals surface area contributed by atoms with Gasteiger partial charge in [-0.1, -0.05) is 18.2 Å². The van der Waals surface area contributed by atoms with Crippen molar-refractivity contribution in [1.82, 2.24) is 15.3 Å². The molecule has 3 aromatic rings. The lowest BCUT2D eigenvalue weighted by Crippen LogP contribution is -2.37. The molecule has 0 amide bonds. The number of phenolic OH excluding ortho intramolecular Hbond substituents is 1. The highest BCUT2D eigenvalue weighted by Crippen LogP contribution is 2.31. The molecule has 0 spiro atoms. The van der Waals surface area contributed by atoms with Crippen molar-refractivity contribution in [2.45, 2.75) is 51.2 Å². The van der Waals surface area contributed by atoms with Crippen LogP contribution in [-0.2, 0) is 6.54 Å². The molecule has 1 aromatic heterocycles. The van der Waals surface area contributed by atoms with Crippen LogP contribution in [0.25, 0.3) is 10.9 Å². The minimum atomic E-state index is 0.219. The number of nitrogens with zero attached hydrogens (tertiary/aromatic N) is 3. The van der Waals surface area contributed by atoms with Crippen molar-refractivity contribution in [2.75, 3.05) is 31.4 Å². The number of anilines is 2. The average Bonchev–Trinajstić information content (AvgIpc) is 2.80. The number of ether oxygens (including phenoxy) is 1. The summed E-state index contributed by atoms with van der Waals surface area (Å²) in [7, 11) is 5.61. The first-order chi connectivity index (χ1) is 15.4. The molecule has 0 aliphatic heterocycles. The van der Waals surface area contributed by atoms with Crippen LogP contribution in [-0.4, -0.2) is 48.4 Å². The number of aromatic hydroxyl groups is 1. The number of nitrogens with one attached hydrogen (secondary N) is 2. The number of methoxy groups -OCH3 is 1. The van der Waals surface area contributed by atoms with Gasteiger partial charge in [-0.2, -0.15) is 4.98 Å². The third kappa shape index (κ3) is 4.88. The maximum atomic E-state index is 10.0. The highest BCUT2D eigenvalue weighted by atomic mass is 16.5. The van der Waals surface area contributed by atoms with E-state index < -0.39 is 0 Å². The molecular weight excluding hydrogens is 402 g/mol. The van der Waals surface area contributed by atoms with E-state index in [0.29, 0.717) is 23.8 Å². The van der Waals surface area contributed by atoms with Gasteiger partial charge in [-0.05, 0) is 61.9 Å². The Morgan fingerprint density at radius 3 is 2.50 bits per heavy atom. The number of para-hydroxylation sites is 1. The first-order valence-electron chi connectivity index (χ1n) is 11.2. The number of rotatable bonds is 7. The summed E-state index contributed by atoms with van der Waals surface area (Å²) >= 11 is 0. The van der Waals surface area contributed by atoms with E-state index in [1.165, 1.54) is 0 Å². The predicted molar refractivity (Wildman–Crippen MR) is 130 cm³/mol. The zero-order chi connectivity index (χ0) is 22.7. The predicted octanol–water partition coefficient (Wildman–Crippen LogP) is 4.23. The highest BCUT2D eigenvalue weighted by molar-refractivity contribution is 5.90. The van der Waals surface area contributed by atoms with Crippen molar-refractivity contribution in [3.8, 4) is 11.5 Å². The SMILES string of the molecule is COc1cc(CNC2CCC(Nc3nc(N(C)C)c4ccccc4n3)CC2)cc(C)c1O. The van der Waals surface area contributed by atoms with Gasteiger partial charge >= 0.3 is 0 Å². The summed E-state index contributed by atoms with van der Waals surface area (Å²) in [4.78, 5) is 11.6. The Bertz CT molecular complexity index is 1080. The van der Waals surface area contributed by atoms with Crippen molar-refractivity contribution >= 4 is 22.7 Å². The zero-order valence-electron chi connectivity index (χ0n) is 19.4. The van der Waals surface area contributed by atoms with E-state index in [9.17, 15) is 5.11 Å². The van der Waals surface area contributed by atoms with E-state index in [1.54, 1.807) is 7.11 Å². The van der Waals surface area contributed by atoms with Gasteiger partial charge in [0.25, 0.3) is 0 Å². The molecule has 0 bridgehead atoms. The smallest absolute Gasteiger partial charge is 0.225 e. The lowest BCUT2D eigenvalue weighted by atomic mass is 9.91. The summed E-state index contributed by atoms with van der Waals surface area (Å²) in [6.07, 6.45) is 4.34. The second-order valence-corrected chi connectivity index (χ2v) is 8.82. The molecular formula is C25H33N5O2. The third-order valence-corrected chi connectivity index (χ3v) is 6.21. The quantitative estimate of drug-likeness (QED) is 0.512. The minimum absolute atomic E-state index is 0.219. The molecule has 4 rings (SSSR count).